The molecular formula is C22H26N2O8S. The van der Waals surface area contributed by atoms with Gasteiger partial charge in [-0.15, -0.1) is 0 Å². The van der Waals surface area contributed by atoms with E-state index in [-0.39, 0.29) is 11.5 Å². The van der Waals surface area contributed by atoms with Crippen LogP contribution in [-0.2, 0) is 29.1 Å². The lowest BCUT2D eigenvalue weighted by molar-refractivity contribution is -0.155. The van der Waals surface area contributed by atoms with Crippen molar-refractivity contribution >= 4 is 27.6 Å². The molecule has 33 heavy (non-hydrogen) atoms. The van der Waals surface area contributed by atoms with Gasteiger partial charge < -0.3 is 24.3 Å². The Morgan fingerprint density at radius 2 is 1.64 bits per heavy atom. The number of benzene rings is 2. The van der Waals surface area contributed by atoms with E-state index < -0.39 is 28.0 Å². The van der Waals surface area contributed by atoms with Crippen molar-refractivity contribution in [2.24, 2.45) is 0 Å². The van der Waals surface area contributed by atoms with Crippen LogP contribution in [0, 0.1) is 0 Å². The third kappa shape index (κ3) is 6.67. The lowest BCUT2D eigenvalue weighted by Gasteiger charge is -2.26. The summed E-state index contributed by atoms with van der Waals surface area (Å²) in [6, 6.07) is 12.5. The first-order chi connectivity index (χ1) is 15.8. The molecule has 0 aliphatic carbocycles. The SMILES string of the molecule is COc1ccc(OCC(=O)OC(C)C(=O)Nc2ccc(S(=O)(=O)N3CCOCC3)cc2)cc1. The van der Waals surface area contributed by atoms with Crippen LogP contribution in [0.15, 0.2) is 53.4 Å². The van der Waals surface area contributed by atoms with E-state index >= 15 is 0 Å². The second-order valence-corrected chi connectivity index (χ2v) is 9.06. The van der Waals surface area contributed by atoms with E-state index in [0.29, 0.717) is 43.5 Å². The molecule has 2 aromatic carbocycles. The number of methoxy groups -OCH3 is 1. The molecule has 1 atom stereocenters. The van der Waals surface area contributed by atoms with Gasteiger partial charge in [0, 0.05) is 18.8 Å². The molecule has 1 unspecified atom stereocenters. The summed E-state index contributed by atoms with van der Waals surface area (Å²) in [6.45, 7) is 2.37. The van der Waals surface area contributed by atoms with E-state index in [2.05, 4.69) is 5.32 Å². The van der Waals surface area contributed by atoms with E-state index in [9.17, 15) is 18.0 Å². The summed E-state index contributed by atoms with van der Waals surface area (Å²) in [5, 5.41) is 2.59. The fourth-order valence-corrected chi connectivity index (χ4v) is 4.40. The summed E-state index contributed by atoms with van der Waals surface area (Å²) in [4.78, 5) is 24.4. The average molecular weight is 479 g/mol. The summed E-state index contributed by atoms with van der Waals surface area (Å²) >= 11 is 0. The maximum absolute atomic E-state index is 12.7. The molecule has 0 spiro atoms. The first-order valence-corrected chi connectivity index (χ1v) is 11.7. The highest BCUT2D eigenvalue weighted by atomic mass is 32.2. The van der Waals surface area contributed by atoms with Crippen molar-refractivity contribution in [2.45, 2.75) is 17.9 Å². The zero-order valence-corrected chi connectivity index (χ0v) is 19.2. The van der Waals surface area contributed by atoms with E-state index in [1.54, 1.807) is 31.4 Å². The number of carbonyl (C=O) groups is 2. The Morgan fingerprint density at radius 1 is 1.03 bits per heavy atom. The van der Waals surface area contributed by atoms with E-state index in [0.717, 1.165) is 0 Å². The molecule has 1 saturated heterocycles. The number of carbonyl (C=O) groups excluding carboxylic acids is 2. The molecule has 0 bridgehead atoms. The molecule has 3 rings (SSSR count). The van der Waals surface area contributed by atoms with Crippen molar-refractivity contribution in [2.75, 3.05) is 45.3 Å². The molecule has 1 aliphatic heterocycles. The Morgan fingerprint density at radius 3 is 2.24 bits per heavy atom. The lowest BCUT2D eigenvalue weighted by atomic mass is 10.3. The molecule has 1 N–H and O–H groups in total. The molecule has 0 radical (unpaired) electrons. The van der Waals surface area contributed by atoms with Gasteiger partial charge in [0.15, 0.2) is 12.7 Å². The van der Waals surface area contributed by atoms with Crippen LogP contribution in [-0.4, -0.2) is 70.7 Å². The number of esters is 1. The largest absolute Gasteiger partial charge is 0.497 e. The van der Waals surface area contributed by atoms with Gasteiger partial charge in [-0.05, 0) is 55.5 Å². The number of nitrogens with one attached hydrogen (secondary N) is 1. The molecule has 0 aromatic heterocycles. The number of hydrogen-bond donors (Lipinski definition) is 1. The van der Waals surface area contributed by atoms with Crippen LogP contribution in [0.25, 0.3) is 0 Å². The minimum Gasteiger partial charge on any atom is -0.497 e. The highest BCUT2D eigenvalue weighted by molar-refractivity contribution is 7.89. The Bertz CT molecular complexity index is 1050. The van der Waals surface area contributed by atoms with Crippen LogP contribution < -0.4 is 14.8 Å². The van der Waals surface area contributed by atoms with Crippen molar-refractivity contribution in [3.05, 3.63) is 48.5 Å². The molecular weight excluding hydrogens is 452 g/mol. The molecule has 1 fully saturated rings. The molecule has 178 valence electrons. The normalized spacial score (nSPS) is 15.3. The summed E-state index contributed by atoms with van der Waals surface area (Å²) in [6.07, 6.45) is -1.08. The fourth-order valence-electron chi connectivity index (χ4n) is 2.99. The van der Waals surface area contributed by atoms with Gasteiger partial charge in [-0.2, -0.15) is 4.31 Å². The summed E-state index contributed by atoms with van der Waals surface area (Å²) < 4.78 is 47.3. The molecule has 10 nitrogen and oxygen atoms in total. The molecule has 2 aromatic rings. The summed E-state index contributed by atoms with van der Waals surface area (Å²) in [7, 11) is -2.08. The number of hydrogen-bond acceptors (Lipinski definition) is 8. The van der Waals surface area contributed by atoms with Crippen LogP contribution >= 0.6 is 0 Å². The second-order valence-electron chi connectivity index (χ2n) is 7.13. The first kappa shape index (κ1) is 24.5. The maximum atomic E-state index is 12.7. The van der Waals surface area contributed by atoms with Gasteiger partial charge >= 0.3 is 5.97 Å². The van der Waals surface area contributed by atoms with Gasteiger partial charge in [-0.1, -0.05) is 0 Å². The number of rotatable bonds is 9. The van der Waals surface area contributed by atoms with Crippen molar-refractivity contribution in [1.29, 1.82) is 0 Å². The quantitative estimate of drug-likeness (QED) is 0.541. The van der Waals surface area contributed by atoms with Crippen LogP contribution in [0.5, 0.6) is 11.5 Å². The lowest BCUT2D eigenvalue weighted by Crippen LogP contribution is -2.40. The third-order valence-electron chi connectivity index (χ3n) is 4.82. The zero-order valence-electron chi connectivity index (χ0n) is 18.4. The summed E-state index contributed by atoms with van der Waals surface area (Å²) in [5.74, 6) is -0.157. The minimum absolute atomic E-state index is 0.123. The predicted octanol–water partition coefficient (Wildman–Crippen LogP) is 1.67. The number of nitrogens with zero attached hydrogens (tertiary/aromatic N) is 1. The van der Waals surface area contributed by atoms with Gasteiger partial charge in [0.05, 0.1) is 25.2 Å². The number of amides is 1. The third-order valence-corrected chi connectivity index (χ3v) is 6.74. The average Bonchev–Trinajstić information content (AvgIpc) is 2.84. The van der Waals surface area contributed by atoms with Crippen molar-refractivity contribution < 1.29 is 37.0 Å². The molecule has 11 heteroatoms. The Kier molecular flexibility index (Phi) is 8.26. The van der Waals surface area contributed by atoms with Crippen LogP contribution in [0.1, 0.15) is 6.92 Å². The molecule has 1 heterocycles. The van der Waals surface area contributed by atoms with Gasteiger partial charge in [-0.3, -0.25) is 4.79 Å². The molecule has 1 amide bonds. The molecule has 0 saturated carbocycles. The number of morpholine rings is 1. The minimum atomic E-state index is -3.62. The summed E-state index contributed by atoms with van der Waals surface area (Å²) in [5.41, 5.74) is 0.373. The van der Waals surface area contributed by atoms with Gasteiger partial charge in [0.1, 0.15) is 11.5 Å². The second kappa shape index (κ2) is 11.1. The topological polar surface area (TPSA) is 120 Å². The fraction of sp³-hybridized carbons (Fsp3) is 0.364. The predicted molar refractivity (Wildman–Crippen MR) is 119 cm³/mol. The van der Waals surface area contributed by atoms with Crippen LogP contribution in [0.4, 0.5) is 5.69 Å². The number of ether oxygens (including phenoxy) is 4. The maximum Gasteiger partial charge on any atom is 0.344 e. The van der Waals surface area contributed by atoms with E-state index in [4.69, 9.17) is 18.9 Å². The number of sulfonamides is 1. The van der Waals surface area contributed by atoms with Gasteiger partial charge in [-0.25, -0.2) is 13.2 Å². The van der Waals surface area contributed by atoms with Crippen molar-refractivity contribution in [1.82, 2.24) is 4.31 Å². The van der Waals surface area contributed by atoms with Gasteiger partial charge in [0.25, 0.3) is 5.91 Å². The van der Waals surface area contributed by atoms with E-state index in [1.807, 2.05) is 0 Å². The van der Waals surface area contributed by atoms with E-state index in [1.165, 1.54) is 35.5 Å². The number of anilines is 1. The van der Waals surface area contributed by atoms with Crippen molar-refractivity contribution in [3.63, 3.8) is 0 Å². The Labute approximate surface area is 192 Å². The molecule has 1 aliphatic rings. The monoisotopic (exact) mass is 478 g/mol. The van der Waals surface area contributed by atoms with Crippen LogP contribution in [0.2, 0.25) is 0 Å². The first-order valence-electron chi connectivity index (χ1n) is 10.2. The van der Waals surface area contributed by atoms with Crippen LogP contribution in [0.3, 0.4) is 0 Å². The smallest absolute Gasteiger partial charge is 0.344 e. The standard InChI is InChI=1S/C22H26N2O8S/c1-16(32-21(25)15-31-19-7-5-18(29-2)6-8-19)22(26)23-17-3-9-20(10-4-17)33(27,28)24-11-13-30-14-12-24/h3-10,16H,11-15H2,1-2H3,(H,23,26). The zero-order chi connectivity index (χ0) is 23.8. The highest BCUT2D eigenvalue weighted by Crippen LogP contribution is 2.20. The Hall–Kier alpha value is -3.15. The highest BCUT2D eigenvalue weighted by Gasteiger charge is 2.26. The van der Waals surface area contributed by atoms with Crippen molar-refractivity contribution in [3.8, 4) is 11.5 Å². The van der Waals surface area contributed by atoms with Gasteiger partial charge in [0.2, 0.25) is 10.0 Å². The Balaban J connectivity index is 1.48.